The van der Waals surface area contributed by atoms with Gasteiger partial charge >= 0.3 is 0 Å². The lowest BCUT2D eigenvalue weighted by atomic mass is 10.0. The van der Waals surface area contributed by atoms with Crippen molar-refractivity contribution in [2.24, 2.45) is 5.73 Å². The molecule has 21 heavy (non-hydrogen) atoms. The summed E-state index contributed by atoms with van der Waals surface area (Å²) >= 11 is 0. The number of halogens is 3. The van der Waals surface area contributed by atoms with Crippen LogP contribution in [0, 0.1) is 17.5 Å². The Kier molecular flexibility index (Phi) is 4.85. The van der Waals surface area contributed by atoms with Crippen molar-refractivity contribution in [2.75, 3.05) is 0 Å². The predicted molar refractivity (Wildman–Crippen MR) is 74.8 cm³/mol. The van der Waals surface area contributed by atoms with Gasteiger partial charge in [-0.05, 0) is 42.7 Å². The summed E-state index contributed by atoms with van der Waals surface area (Å²) in [5.41, 5.74) is 6.58. The number of rotatable bonds is 5. The standard InChI is InChI=1S/C16H16F3NO/c1-2-11(20)7-10-3-6-16(15(19)8-10)21-12-4-5-13(17)14(18)9-12/h3-6,8-9,11H,2,7,20H2,1H3. The third-order valence-electron chi connectivity index (χ3n) is 3.14. The van der Waals surface area contributed by atoms with Gasteiger partial charge in [0.05, 0.1) is 0 Å². The molecule has 2 N–H and O–H groups in total. The first-order chi connectivity index (χ1) is 9.99. The molecule has 0 aliphatic rings. The van der Waals surface area contributed by atoms with Crippen molar-refractivity contribution in [1.82, 2.24) is 0 Å². The molecule has 1 atom stereocenters. The summed E-state index contributed by atoms with van der Waals surface area (Å²) in [7, 11) is 0. The van der Waals surface area contributed by atoms with Crippen LogP contribution in [0.1, 0.15) is 18.9 Å². The molecule has 0 spiro atoms. The first-order valence-electron chi connectivity index (χ1n) is 6.66. The van der Waals surface area contributed by atoms with E-state index in [9.17, 15) is 13.2 Å². The first-order valence-corrected chi connectivity index (χ1v) is 6.66. The quantitative estimate of drug-likeness (QED) is 0.898. The molecule has 0 amide bonds. The maximum Gasteiger partial charge on any atom is 0.165 e. The fourth-order valence-corrected chi connectivity index (χ4v) is 1.87. The van der Waals surface area contributed by atoms with E-state index in [1.807, 2.05) is 6.92 Å². The fraction of sp³-hybridized carbons (Fsp3) is 0.250. The third kappa shape index (κ3) is 3.98. The van der Waals surface area contributed by atoms with Crippen LogP contribution in [-0.4, -0.2) is 6.04 Å². The summed E-state index contributed by atoms with van der Waals surface area (Å²) in [4.78, 5) is 0. The van der Waals surface area contributed by atoms with Crippen molar-refractivity contribution in [2.45, 2.75) is 25.8 Å². The van der Waals surface area contributed by atoms with Crippen molar-refractivity contribution in [3.63, 3.8) is 0 Å². The van der Waals surface area contributed by atoms with Crippen molar-refractivity contribution in [1.29, 1.82) is 0 Å². The van der Waals surface area contributed by atoms with E-state index in [4.69, 9.17) is 10.5 Å². The molecule has 112 valence electrons. The van der Waals surface area contributed by atoms with E-state index in [2.05, 4.69) is 0 Å². The van der Waals surface area contributed by atoms with E-state index in [0.29, 0.717) is 6.42 Å². The van der Waals surface area contributed by atoms with E-state index in [0.717, 1.165) is 24.1 Å². The Morgan fingerprint density at radius 3 is 2.38 bits per heavy atom. The average molecular weight is 295 g/mol. The van der Waals surface area contributed by atoms with E-state index >= 15 is 0 Å². The molecule has 0 aromatic heterocycles. The molecule has 0 aliphatic heterocycles. The Bertz CT molecular complexity index is 631. The molecule has 5 heteroatoms. The normalized spacial score (nSPS) is 12.2. The molecule has 1 unspecified atom stereocenters. The van der Waals surface area contributed by atoms with Crippen LogP contribution >= 0.6 is 0 Å². The number of nitrogens with two attached hydrogens (primary N) is 1. The van der Waals surface area contributed by atoms with Crippen LogP contribution in [0.5, 0.6) is 11.5 Å². The maximum absolute atomic E-state index is 13.9. The Balaban J connectivity index is 2.15. The van der Waals surface area contributed by atoms with Gasteiger partial charge in [0, 0.05) is 12.1 Å². The summed E-state index contributed by atoms with van der Waals surface area (Å²) in [5, 5.41) is 0. The zero-order valence-corrected chi connectivity index (χ0v) is 11.6. The van der Waals surface area contributed by atoms with Gasteiger partial charge in [-0.25, -0.2) is 13.2 Å². The minimum atomic E-state index is -1.04. The Morgan fingerprint density at radius 1 is 1.00 bits per heavy atom. The van der Waals surface area contributed by atoms with Crippen LogP contribution in [-0.2, 0) is 6.42 Å². The molecule has 0 saturated carbocycles. The highest BCUT2D eigenvalue weighted by molar-refractivity contribution is 5.35. The van der Waals surface area contributed by atoms with Crippen LogP contribution in [0.2, 0.25) is 0 Å². The Hall–Kier alpha value is -2.01. The fourth-order valence-electron chi connectivity index (χ4n) is 1.87. The van der Waals surface area contributed by atoms with E-state index in [1.54, 1.807) is 6.07 Å². The largest absolute Gasteiger partial charge is 0.454 e. The van der Waals surface area contributed by atoms with Gasteiger partial charge < -0.3 is 10.5 Å². The summed E-state index contributed by atoms with van der Waals surface area (Å²) in [5.74, 6) is -2.61. The van der Waals surface area contributed by atoms with Gasteiger partial charge in [-0.15, -0.1) is 0 Å². The zero-order chi connectivity index (χ0) is 15.4. The van der Waals surface area contributed by atoms with E-state index in [-0.39, 0.29) is 17.5 Å². The molecule has 0 heterocycles. The van der Waals surface area contributed by atoms with Gasteiger partial charge in [-0.1, -0.05) is 13.0 Å². The topological polar surface area (TPSA) is 35.2 Å². The lowest BCUT2D eigenvalue weighted by Crippen LogP contribution is -2.21. The average Bonchev–Trinajstić information content (AvgIpc) is 2.45. The Labute approximate surface area is 121 Å². The molecule has 0 saturated heterocycles. The second kappa shape index (κ2) is 6.63. The molecule has 0 bridgehead atoms. The highest BCUT2D eigenvalue weighted by Crippen LogP contribution is 2.26. The van der Waals surface area contributed by atoms with Crippen LogP contribution in [0.3, 0.4) is 0 Å². The molecular formula is C16H16F3NO. The van der Waals surface area contributed by atoms with Crippen molar-refractivity contribution >= 4 is 0 Å². The number of benzene rings is 2. The number of hydrogen-bond donors (Lipinski definition) is 1. The third-order valence-corrected chi connectivity index (χ3v) is 3.14. The van der Waals surface area contributed by atoms with Gasteiger partial charge in [0.2, 0.25) is 0 Å². The van der Waals surface area contributed by atoms with Crippen molar-refractivity contribution < 1.29 is 17.9 Å². The van der Waals surface area contributed by atoms with Gasteiger partial charge in [-0.2, -0.15) is 0 Å². The second-order valence-electron chi connectivity index (χ2n) is 4.82. The smallest absolute Gasteiger partial charge is 0.165 e. The minimum absolute atomic E-state index is 0.0256. The lowest BCUT2D eigenvalue weighted by Gasteiger charge is -2.11. The Morgan fingerprint density at radius 2 is 1.76 bits per heavy atom. The van der Waals surface area contributed by atoms with Crippen LogP contribution in [0.25, 0.3) is 0 Å². The molecule has 2 rings (SSSR count). The van der Waals surface area contributed by atoms with Gasteiger partial charge in [0.1, 0.15) is 5.75 Å². The molecular weight excluding hydrogens is 279 g/mol. The molecule has 0 radical (unpaired) electrons. The number of ether oxygens (including phenoxy) is 1. The van der Waals surface area contributed by atoms with Crippen LogP contribution in [0.4, 0.5) is 13.2 Å². The number of hydrogen-bond acceptors (Lipinski definition) is 2. The van der Waals surface area contributed by atoms with Crippen molar-refractivity contribution in [3.05, 3.63) is 59.4 Å². The molecule has 2 nitrogen and oxygen atoms in total. The summed E-state index contributed by atoms with van der Waals surface area (Å²) in [6.45, 7) is 1.96. The molecule has 0 fully saturated rings. The van der Waals surface area contributed by atoms with Crippen molar-refractivity contribution in [3.8, 4) is 11.5 Å². The predicted octanol–water partition coefficient (Wildman–Crippen LogP) is 4.18. The molecule has 2 aromatic carbocycles. The zero-order valence-electron chi connectivity index (χ0n) is 11.6. The SMILES string of the molecule is CCC(N)Cc1ccc(Oc2ccc(F)c(F)c2)c(F)c1. The van der Waals surface area contributed by atoms with E-state index in [1.165, 1.54) is 18.2 Å². The maximum atomic E-state index is 13.9. The lowest BCUT2D eigenvalue weighted by molar-refractivity contribution is 0.431. The van der Waals surface area contributed by atoms with Crippen LogP contribution in [0.15, 0.2) is 36.4 Å². The highest BCUT2D eigenvalue weighted by atomic mass is 19.2. The molecule has 0 aliphatic carbocycles. The highest BCUT2D eigenvalue weighted by Gasteiger charge is 2.10. The minimum Gasteiger partial charge on any atom is -0.454 e. The molecule has 2 aromatic rings. The van der Waals surface area contributed by atoms with Gasteiger partial charge in [0.15, 0.2) is 23.2 Å². The second-order valence-corrected chi connectivity index (χ2v) is 4.82. The van der Waals surface area contributed by atoms with E-state index < -0.39 is 17.5 Å². The summed E-state index contributed by atoms with van der Waals surface area (Å²) in [6, 6.07) is 7.50. The van der Waals surface area contributed by atoms with Gasteiger partial charge in [-0.3, -0.25) is 0 Å². The van der Waals surface area contributed by atoms with Gasteiger partial charge in [0.25, 0.3) is 0 Å². The summed E-state index contributed by atoms with van der Waals surface area (Å²) < 4.78 is 45.0. The van der Waals surface area contributed by atoms with Crippen LogP contribution < -0.4 is 10.5 Å². The summed E-state index contributed by atoms with van der Waals surface area (Å²) in [6.07, 6.45) is 1.37. The first kappa shape index (κ1) is 15.4. The monoisotopic (exact) mass is 295 g/mol.